The zero-order valence-electron chi connectivity index (χ0n) is 12.6. The topological polar surface area (TPSA) is 39.7 Å². The summed E-state index contributed by atoms with van der Waals surface area (Å²) >= 11 is 0. The van der Waals surface area contributed by atoms with Gasteiger partial charge >= 0.3 is 0 Å². The standard InChI is InChI=1S/C18H17NO3.ClH/c1-2-4-14-13(3-1)15-8-19-9-18(14,15)10-20-12-5-6-16-17(7-12)22-11-21-16;/h1-7,15,19H,8-11H2;1H/t15-,18-;/m0./s1. The largest absolute Gasteiger partial charge is 0.492 e. The smallest absolute Gasteiger partial charge is 0.231 e. The molecule has 1 N–H and O–H groups in total. The summed E-state index contributed by atoms with van der Waals surface area (Å²) in [6.07, 6.45) is 0. The monoisotopic (exact) mass is 331 g/mol. The first-order chi connectivity index (χ1) is 10.9. The molecule has 5 heteroatoms. The van der Waals surface area contributed by atoms with Crippen molar-refractivity contribution in [2.45, 2.75) is 11.3 Å². The Bertz CT molecular complexity index is 751. The van der Waals surface area contributed by atoms with Crippen LogP contribution in [-0.2, 0) is 5.41 Å². The summed E-state index contributed by atoms with van der Waals surface area (Å²) in [5, 5.41) is 3.53. The van der Waals surface area contributed by atoms with Gasteiger partial charge in [0.1, 0.15) is 5.75 Å². The number of rotatable bonds is 3. The quantitative estimate of drug-likeness (QED) is 0.939. The van der Waals surface area contributed by atoms with Crippen molar-refractivity contribution in [1.29, 1.82) is 0 Å². The van der Waals surface area contributed by atoms with E-state index in [1.807, 2.05) is 18.2 Å². The van der Waals surface area contributed by atoms with Gasteiger partial charge in [0, 0.05) is 25.1 Å². The summed E-state index contributed by atoms with van der Waals surface area (Å²) in [6, 6.07) is 14.5. The van der Waals surface area contributed by atoms with Crippen molar-refractivity contribution < 1.29 is 14.2 Å². The maximum Gasteiger partial charge on any atom is 0.231 e. The van der Waals surface area contributed by atoms with Crippen molar-refractivity contribution >= 4 is 12.4 Å². The van der Waals surface area contributed by atoms with Crippen molar-refractivity contribution in [3.05, 3.63) is 53.6 Å². The van der Waals surface area contributed by atoms with Gasteiger partial charge in [0.2, 0.25) is 6.79 Å². The van der Waals surface area contributed by atoms with Crippen molar-refractivity contribution in [2.75, 3.05) is 26.5 Å². The van der Waals surface area contributed by atoms with E-state index in [0.717, 1.165) is 30.3 Å². The Labute approximate surface area is 141 Å². The van der Waals surface area contributed by atoms with Gasteiger partial charge in [-0.15, -0.1) is 12.4 Å². The molecule has 1 fully saturated rings. The Morgan fingerprint density at radius 1 is 1.13 bits per heavy atom. The van der Waals surface area contributed by atoms with Crippen LogP contribution in [0.3, 0.4) is 0 Å². The third-order valence-electron chi connectivity index (χ3n) is 5.17. The van der Waals surface area contributed by atoms with E-state index in [2.05, 4.69) is 29.6 Å². The zero-order valence-corrected chi connectivity index (χ0v) is 13.4. The molecule has 1 saturated heterocycles. The molecule has 3 aliphatic rings. The maximum absolute atomic E-state index is 6.12. The van der Waals surface area contributed by atoms with Crippen molar-refractivity contribution in [3.63, 3.8) is 0 Å². The second kappa shape index (κ2) is 5.32. The first-order valence-electron chi connectivity index (χ1n) is 7.69. The number of benzene rings is 2. The lowest BCUT2D eigenvalue weighted by Gasteiger charge is -2.46. The molecule has 0 saturated carbocycles. The normalized spacial score (nSPS) is 25.8. The first-order valence-corrected chi connectivity index (χ1v) is 7.69. The highest BCUT2D eigenvalue weighted by molar-refractivity contribution is 5.85. The van der Waals surface area contributed by atoms with Crippen molar-refractivity contribution in [3.8, 4) is 17.2 Å². The molecule has 1 aliphatic carbocycles. The second-order valence-electron chi connectivity index (χ2n) is 6.23. The van der Waals surface area contributed by atoms with E-state index >= 15 is 0 Å². The fourth-order valence-electron chi connectivity index (χ4n) is 4.03. The lowest BCUT2D eigenvalue weighted by Crippen LogP contribution is -2.48. The van der Waals surface area contributed by atoms with E-state index in [4.69, 9.17) is 14.2 Å². The van der Waals surface area contributed by atoms with E-state index in [9.17, 15) is 0 Å². The summed E-state index contributed by atoms with van der Waals surface area (Å²) < 4.78 is 16.9. The third-order valence-corrected chi connectivity index (χ3v) is 5.17. The van der Waals surface area contributed by atoms with E-state index in [1.165, 1.54) is 11.1 Å². The highest BCUT2D eigenvalue weighted by Crippen LogP contribution is 2.53. The van der Waals surface area contributed by atoms with Crippen LogP contribution in [0.5, 0.6) is 17.2 Å². The van der Waals surface area contributed by atoms with Crippen LogP contribution in [-0.4, -0.2) is 26.5 Å². The highest BCUT2D eigenvalue weighted by Gasteiger charge is 2.54. The molecule has 0 bridgehead atoms. The first kappa shape index (κ1) is 14.7. The van der Waals surface area contributed by atoms with Crippen LogP contribution in [0.2, 0.25) is 0 Å². The maximum atomic E-state index is 6.12. The van der Waals surface area contributed by atoms with Crippen LogP contribution in [0.25, 0.3) is 0 Å². The number of hydrogen-bond acceptors (Lipinski definition) is 4. The predicted octanol–water partition coefficient (Wildman–Crippen LogP) is 2.85. The summed E-state index contributed by atoms with van der Waals surface area (Å²) in [4.78, 5) is 0. The number of halogens is 1. The van der Waals surface area contributed by atoms with Crippen molar-refractivity contribution in [1.82, 2.24) is 5.32 Å². The number of hydrogen-bond donors (Lipinski definition) is 1. The van der Waals surface area contributed by atoms with Gasteiger partial charge in [-0.25, -0.2) is 0 Å². The van der Waals surface area contributed by atoms with Crippen LogP contribution in [0.1, 0.15) is 17.0 Å². The lowest BCUT2D eigenvalue weighted by atomic mass is 9.58. The fraction of sp³-hybridized carbons (Fsp3) is 0.333. The van der Waals surface area contributed by atoms with Gasteiger partial charge in [0.25, 0.3) is 0 Å². The van der Waals surface area contributed by atoms with Crippen LogP contribution in [0, 0.1) is 0 Å². The molecule has 2 atom stereocenters. The molecule has 0 spiro atoms. The van der Waals surface area contributed by atoms with Gasteiger partial charge in [0.05, 0.1) is 12.0 Å². The van der Waals surface area contributed by atoms with Crippen LogP contribution >= 0.6 is 12.4 Å². The molecule has 23 heavy (non-hydrogen) atoms. The number of ether oxygens (including phenoxy) is 3. The van der Waals surface area contributed by atoms with E-state index in [0.29, 0.717) is 19.3 Å². The molecule has 0 radical (unpaired) electrons. The third kappa shape index (κ3) is 2.02. The molecule has 120 valence electrons. The molecule has 0 amide bonds. The minimum absolute atomic E-state index is 0. The molecule has 5 rings (SSSR count). The fourth-order valence-corrected chi connectivity index (χ4v) is 4.03. The molecular formula is C18H18ClNO3. The molecule has 2 aromatic carbocycles. The van der Waals surface area contributed by atoms with Crippen LogP contribution in [0.4, 0.5) is 0 Å². The summed E-state index contributed by atoms with van der Waals surface area (Å²) in [5.74, 6) is 2.97. The van der Waals surface area contributed by atoms with Gasteiger partial charge < -0.3 is 19.5 Å². The van der Waals surface area contributed by atoms with Gasteiger partial charge in [-0.2, -0.15) is 0 Å². The van der Waals surface area contributed by atoms with Crippen LogP contribution in [0.15, 0.2) is 42.5 Å². The highest BCUT2D eigenvalue weighted by atomic mass is 35.5. The Balaban J connectivity index is 0.00000135. The SMILES string of the molecule is Cl.c1ccc2c(c1)[C@@H]1CNC[C@]21COc1ccc2c(c1)OCO2. The average Bonchev–Trinajstić information content (AvgIpc) is 3.15. The van der Waals surface area contributed by atoms with Gasteiger partial charge in [0.15, 0.2) is 11.5 Å². The molecule has 0 aromatic heterocycles. The molecular weight excluding hydrogens is 314 g/mol. The van der Waals surface area contributed by atoms with E-state index < -0.39 is 0 Å². The van der Waals surface area contributed by atoms with Gasteiger partial charge in [-0.3, -0.25) is 0 Å². The van der Waals surface area contributed by atoms with E-state index in [-0.39, 0.29) is 17.8 Å². The predicted molar refractivity (Wildman–Crippen MR) is 89.0 cm³/mol. The van der Waals surface area contributed by atoms with Crippen molar-refractivity contribution in [2.24, 2.45) is 0 Å². The second-order valence-corrected chi connectivity index (χ2v) is 6.23. The number of nitrogens with one attached hydrogen (secondary N) is 1. The Kier molecular flexibility index (Phi) is 3.39. The summed E-state index contributed by atoms with van der Waals surface area (Å²) in [6.45, 7) is 3.02. The van der Waals surface area contributed by atoms with Crippen LogP contribution < -0.4 is 19.5 Å². The molecule has 0 unspecified atom stereocenters. The summed E-state index contributed by atoms with van der Waals surface area (Å²) in [5.41, 5.74) is 3.03. The molecule has 2 aliphatic heterocycles. The zero-order chi connectivity index (χ0) is 14.6. The molecule has 2 aromatic rings. The lowest BCUT2D eigenvalue weighted by molar-refractivity contribution is 0.173. The minimum Gasteiger partial charge on any atom is -0.492 e. The van der Waals surface area contributed by atoms with E-state index in [1.54, 1.807) is 0 Å². The molecule has 2 heterocycles. The summed E-state index contributed by atoms with van der Waals surface area (Å²) in [7, 11) is 0. The van der Waals surface area contributed by atoms with Gasteiger partial charge in [-0.05, 0) is 23.3 Å². The number of fused-ring (bicyclic) bond motifs is 5. The Hall–Kier alpha value is -1.91. The Morgan fingerprint density at radius 3 is 2.96 bits per heavy atom. The average molecular weight is 332 g/mol. The van der Waals surface area contributed by atoms with Gasteiger partial charge in [-0.1, -0.05) is 24.3 Å². The minimum atomic E-state index is 0. The Morgan fingerprint density at radius 2 is 2.00 bits per heavy atom. The molecule has 4 nitrogen and oxygen atoms in total.